The Hall–Kier alpha value is -3.80. The maximum atomic E-state index is 13.6. The summed E-state index contributed by atoms with van der Waals surface area (Å²) in [5.74, 6) is 5.78. The highest BCUT2D eigenvalue weighted by Gasteiger charge is 2.34. The van der Waals surface area contributed by atoms with Crippen LogP contribution in [0.4, 0.5) is 4.39 Å². The highest BCUT2D eigenvalue weighted by atomic mass is 19.1. The first kappa shape index (κ1) is 26.3. The number of amides is 1. The maximum absolute atomic E-state index is 13.6. The summed E-state index contributed by atoms with van der Waals surface area (Å²) < 4.78 is 19.6. The molecule has 1 amide bonds. The first-order valence-corrected chi connectivity index (χ1v) is 12.3. The lowest BCUT2D eigenvalue weighted by Crippen LogP contribution is -2.49. The van der Waals surface area contributed by atoms with E-state index in [0.29, 0.717) is 30.8 Å². The Kier molecular flexibility index (Phi) is 8.49. The Bertz CT molecular complexity index is 1270. The molecule has 1 aromatic carbocycles. The number of pyridine rings is 2. The van der Waals surface area contributed by atoms with Gasteiger partial charge in [-0.25, -0.2) is 9.37 Å². The van der Waals surface area contributed by atoms with Gasteiger partial charge in [-0.3, -0.25) is 14.7 Å². The van der Waals surface area contributed by atoms with Crippen LogP contribution in [0.3, 0.4) is 0 Å². The SMILES string of the molecule is C[C@@H]1CN([C@H](C)CO)C(=O)c2cc(C#Cc3cccnc3)cnc2O[C@@H]1CN(C)Cc1ccc(F)cc1. The number of carbonyl (C=O) groups is 1. The number of carbonyl (C=O) groups excluding carboxylic acids is 1. The van der Waals surface area contributed by atoms with Crippen molar-refractivity contribution in [2.24, 2.45) is 5.92 Å². The number of likely N-dealkylation sites (N-methyl/N-ethyl adjacent to an activating group) is 1. The van der Waals surface area contributed by atoms with Crippen molar-refractivity contribution >= 4 is 5.91 Å². The largest absolute Gasteiger partial charge is 0.472 e. The number of nitrogens with zero attached hydrogens (tertiary/aromatic N) is 4. The summed E-state index contributed by atoms with van der Waals surface area (Å²) in [6.45, 7) is 5.29. The van der Waals surface area contributed by atoms with Crippen LogP contribution in [0, 0.1) is 23.6 Å². The fourth-order valence-corrected chi connectivity index (χ4v) is 4.24. The van der Waals surface area contributed by atoms with Gasteiger partial charge in [0.25, 0.3) is 5.91 Å². The van der Waals surface area contributed by atoms with Gasteiger partial charge in [-0.05, 0) is 49.9 Å². The second-order valence-corrected chi connectivity index (χ2v) is 9.51. The van der Waals surface area contributed by atoms with Crippen LogP contribution in [0.15, 0.2) is 61.1 Å². The molecule has 3 aromatic rings. The lowest BCUT2D eigenvalue weighted by atomic mass is 9.99. The lowest BCUT2D eigenvalue weighted by Gasteiger charge is -2.37. The van der Waals surface area contributed by atoms with Crippen LogP contribution in [-0.4, -0.2) is 69.7 Å². The van der Waals surface area contributed by atoms with Crippen LogP contribution in [0.1, 0.15) is 40.9 Å². The number of halogens is 1. The van der Waals surface area contributed by atoms with E-state index < -0.39 is 0 Å². The van der Waals surface area contributed by atoms with Gasteiger partial charge in [0.1, 0.15) is 17.5 Å². The zero-order valence-electron chi connectivity index (χ0n) is 21.3. The summed E-state index contributed by atoms with van der Waals surface area (Å²) >= 11 is 0. The van der Waals surface area contributed by atoms with Gasteiger partial charge in [-0.15, -0.1) is 0 Å². The number of hydrogen-bond donors (Lipinski definition) is 1. The van der Waals surface area contributed by atoms with E-state index in [9.17, 15) is 14.3 Å². The molecular weight excluding hydrogens is 471 g/mol. The highest BCUT2D eigenvalue weighted by Crippen LogP contribution is 2.27. The van der Waals surface area contributed by atoms with Gasteiger partial charge in [0.15, 0.2) is 0 Å². The number of aliphatic hydroxyl groups excluding tert-OH is 1. The quantitative estimate of drug-likeness (QED) is 0.521. The monoisotopic (exact) mass is 502 g/mol. The summed E-state index contributed by atoms with van der Waals surface area (Å²) in [6, 6.07) is 11.4. The summed E-state index contributed by atoms with van der Waals surface area (Å²) in [5, 5.41) is 9.86. The molecule has 4 rings (SSSR count). The molecule has 2 aromatic heterocycles. The minimum absolute atomic E-state index is 0.0337. The molecule has 0 bridgehead atoms. The number of benzene rings is 1. The van der Waals surface area contributed by atoms with Crippen LogP contribution in [-0.2, 0) is 6.54 Å². The average Bonchev–Trinajstić information content (AvgIpc) is 2.91. The predicted molar refractivity (Wildman–Crippen MR) is 138 cm³/mol. The van der Waals surface area contributed by atoms with Crippen molar-refractivity contribution in [1.82, 2.24) is 19.8 Å². The van der Waals surface area contributed by atoms with Gasteiger partial charge >= 0.3 is 0 Å². The van der Waals surface area contributed by atoms with Crippen LogP contribution in [0.2, 0.25) is 0 Å². The maximum Gasteiger partial charge on any atom is 0.259 e. The fraction of sp³-hybridized carbons (Fsp3) is 0.345. The minimum Gasteiger partial charge on any atom is -0.472 e. The van der Waals surface area contributed by atoms with Gasteiger partial charge in [-0.1, -0.05) is 30.9 Å². The lowest BCUT2D eigenvalue weighted by molar-refractivity contribution is 0.0325. The average molecular weight is 503 g/mol. The van der Waals surface area contributed by atoms with Crippen molar-refractivity contribution in [3.05, 3.63) is 89.1 Å². The minimum atomic E-state index is -0.372. The Morgan fingerprint density at radius 3 is 2.68 bits per heavy atom. The van der Waals surface area contributed by atoms with Gasteiger partial charge in [0.05, 0.1) is 12.6 Å². The van der Waals surface area contributed by atoms with E-state index in [1.54, 1.807) is 41.7 Å². The molecule has 8 heteroatoms. The zero-order valence-corrected chi connectivity index (χ0v) is 21.3. The number of aliphatic hydroxyl groups is 1. The Labute approximate surface area is 216 Å². The molecule has 7 nitrogen and oxygen atoms in total. The van der Waals surface area contributed by atoms with Crippen molar-refractivity contribution < 1.29 is 19.0 Å². The second-order valence-electron chi connectivity index (χ2n) is 9.51. The number of rotatable bonds is 6. The number of aromatic nitrogens is 2. The predicted octanol–water partition coefficient (Wildman–Crippen LogP) is 3.37. The van der Waals surface area contributed by atoms with E-state index in [1.165, 1.54) is 12.1 Å². The molecule has 0 spiro atoms. The van der Waals surface area contributed by atoms with Crippen LogP contribution >= 0.6 is 0 Å². The third-order valence-corrected chi connectivity index (χ3v) is 6.39. The van der Waals surface area contributed by atoms with Crippen LogP contribution in [0.25, 0.3) is 0 Å². The molecule has 0 fully saturated rings. The second kappa shape index (κ2) is 12.0. The molecule has 0 saturated carbocycles. The molecule has 37 heavy (non-hydrogen) atoms. The van der Waals surface area contributed by atoms with Crippen molar-refractivity contribution in [3.63, 3.8) is 0 Å². The Morgan fingerprint density at radius 2 is 1.97 bits per heavy atom. The summed E-state index contributed by atoms with van der Waals surface area (Å²) in [5.41, 5.74) is 2.64. The first-order chi connectivity index (χ1) is 17.8. The van der Waals surface area contributed by atoms with E-state index in [1.807, 2.05) is 33.0 Å². The number of ether oxygens (including phenoxy) is 1. The summed E-state index contributed by atoms with van der Waals surface area (Å²) in [4.78, 5) is 25.9. The van der Waals surface area contributed by atoms with Crippen molar-refractivity contribution in [2.75, 3.05) is 26.7 Å². The molecule has 1 aliphatic heterocycles. The van der Waals surface area contributed by atoms with E-state index in [-0.39, 0.29) is 42.3 Å². The van der Waals surface area contributed by atoms with Crippen LogP contribution < -0.4 is 4.74 Å². The van der Waals surface area contributed by atoms with E-state index in [2.05, 4.69) is 26.7 Å². The highest BCUT2D eigenvalue weighted by molar-refractivity contribution is 5.97. The van der Waals surface area contributed by atoms with E-state index in [4.69, 9.17) is 4.74 Å². The molecule has 0 saturated heterocycles. The molecule has 1 aliphatic rings. The van der Waals surface area contributed by atoms with Gasteiger partial charge in [0, 0.05) is 55.3 Å². The summed E-state index contributed by atoms with van der Waals surface area (Å²) in [6.07, 6.45) is 4.67. The molecule has 3 heterocycles. The van der Waals surface area contributed by atoms with Crippen molar-refractivity contribution in [3.8, 4) is 17.7 Å². The molecular formula is C29H31FN4O3. The molecule has 1 N–H and O–H groups in total. The normalized spacial score (nSPS) is 18.2. The zero-order chi connectivity index (χ0) is 26.4. The smallest absolute Gasteiger partial charge is 0.259 e. The third kappa shape index (κ3) is 6.70. The number of hydrogen-bond acceptors (Lipinski definition) is 6. The fourth-order valence-electron chi connectivity index (χ4n) is 4.24. The van der Waals surface area contributed by atoms with Gasteiger partial charge < -0.3 is 14.7 Å². The topological polar surface area (TPSA) is 78.8 Å². The molecule has 0 aliphatic carbocycles. The Balaban J connectivity index is 1.61. The van der Waals surface area contributed by atoms with E-state index >= 15 is 0 Å². The van der Waals surface area contributed by atoms with Crippen LogP contribution in [0.5, 0.6) is 5.88 Å². The third-order valence-electron chi connectivity index (χ3n) is 6.39. The number of fused-ring (bicyclic) bond motifs is 1. The molecule has 0 radical (unpaired) electrons. The molecule has 192 valence electrons. The molecule has 3 atom stereocenters. The summed E-state index contributed by atoms with van der Waals surface area (Å²) in [7, 11) is 1.98. The van der Waals surface area contributed by atoms with Crippen molar-refractivity contribution in [2.45, 2.75) is 32.5 Å². The van der Waals surface area contributed by atoms with Gasteiger partial charge in [-0.2, -0.15) is 0 Å². The molecule has 0 unspecified atom stereocenters. The van der Waals surface area contributed by atoms with Gasteiger partial charge in [0.2, 0.25) is 5.88 Å². The first-order valence-electron chi connectivity index (χ1n) is 12.3. The van der Waals surface area contributed by atoms with E-state index in [0.717, 1.165) is 11.1 Å². The van der Waals surface area contributed by atoms with Crippen molar-refractivity contribution in [1.29, 1.82) is 0 Å². The standard InChI is InChI=1S/C29H31FN4O3/c1-20-16-34(21(2)19-35)29(36)26-13-24(7-6-22-5-4-12-31-14-22)15-32-28(26)37-27(20)18-33(3)17-23-8-10-25(30)11-9-23/h4-5,8-15,20-21,27,35H,16-19H2,1-3H3/t20-,21-,27-/m1/s1. The Morgan fingerprint density at radius 1 is 1.22 bits per heavy atom.